The van der Waals surface area contributed by atoms with Crippen LogP contribution < -0.4 is 5.43 Å². The second-order valence-electron chi connectivity index (χ2n) is 4.39. The van der Waals surface area contributed by atoms with Crippen molar-refractivity contribution in [3.8, 4) is 0 Å². The van der Waals surface area contributed by atoms with Crippen molar-refractivity contribution in [3.05, 3.63) is 0 Å². The fraction of sp³-hybridized carbons (Fsp3) is 0.909. The summed E-state index contributed by atoms with van der Waals surface area (Å²) in [5.74, 6) is 0.0816. The van der Waals surface area contributed by atoms with Gasteiger partial charge in [0.05, 0.1) is 4.83 Å². The average molecular weight is 277 g/mol. The van der Waals surface area contributed by atoms with Gasteiger partial charge in [0.15, 0.2) is 0 Å². The third kappa shape index (κ3) is 3.45. The van der Waals surface area contributed by atoms with E-state index >= 15 is 0 Å². The van der Waals surface area contributed by atoms with E-state index in [2.05, 4.69) is 40.2 Å². The average Bonchev–Trinajstić information content (AvgIpc) is 2.22. The lowest BCUT2D eigenvalue weighted by atomic mass is 10.00. The summed E-state index contributed by atoms with van der Waals surface area (Å²) >= 11 is 3.37. The van der Waals surface area contributed by atoms with Crippen LogP contribution in [0.2, 0.25) is 0 Å². The number of nitrogens with zero attached hydrogens (tertiary/aromatic N) is 1. The van der Waals surface area contributed by atoms with Gasteiger partial charge in [-0.15, -0.1) is 0 Å². The highest BCUT2D eigenvalue weighted by molar-refractivity contribution is 9.10. The molecule has 0 bridgehead atoms. The van der Waals surface area contributed by atoms with Crippen LogP contribution in [0.3, 0.4) is 0 Å². The van der Waals surface area contributed by atoms with Gasteiger partial charge in [0.1, 0.15) is 0 Å². The van der Waals surface area contributed by atoms with Crippen molar-refractivity contribution in [1.82, 2.24) is 10.4 Å². The van der Waals surface area contributed by atoms with Crippen molar-refractivity contribution in [2.75, 3.05) is 0 Å². The molecule has 0 aromatic carbocycles. The van der Waals surface area contributed by atoms with Crippen LogP contribution in [0.25, 0.3) is 0 Å². The second-order valence-corrected chi connectivity index (χ2v) is 5.49. The molecule has 1 N–H and O–H groups in total. The number of alkyl halides is 1. The topological polar surface area (TPSA) is 32.3 Å². The number of hydrogen-bond acceptors (Lipinski definition) is 2. The summed E-state index contributed by atoms with van der Waals surface area (Å²) in [6.07, 6.45) is 4.43. The first-order valence-corrected chi connectivity index (χ1v) is 6.70. The fourth-order valence-corrected chi connectivity index (χ4v) is 2.13. The van der Waals surface area contributed by atoms with Gasteiger partial charge in [0.25, 0.3) is 0 Å². The molecular weight excluding hydrogens is 256 g/mol. The normalized spacial score (nSPS) is 29.9. The summed E-state index contributed by atoms with van der Waals surface area (Å²) in [4.78, 5) is 11.7. The highest BCUT2D eigenvalue weighted by Crippen LogP contribution is 2.20. The van der Waals surface area contributed by atoms with Gasteiger partial charge in [-0.2, -0.15) is 0 Å². The number of amides is 1. The Morgan fingerprint density at radius 3 is 2.47 bits per heavy atom. The molecular formula is C11H21BrN2O. The van der Waals surface area contributed by atoms with Crippen molar-refractivity contribution >= 4 is 21.8 Å². The Balaban J connectivity index is 2.51. The minimum Gasteiger partial charge on any atom is -0.287 e. The lowest BCUT2D eigenvalue weighted by Gasteiger charge is -2.39. The minimum absolute atomic E-state index is 0.0705. The van der Waals surface area contributed by atoms with Crippen molar-refractivity contribution in [1.29, 1.82) is 0 Å². The first kappa shape index (κ1) is 13.0. The van der Waals surface area contributed by atoms with Gasteiger partial charge >= 0.3 is 0 Å². The molecule has 0 radical (unpaired) electrons. The van der Waals surface area contributed by atoms with Crippen LogP contribution in [0, 0.1) is 0 Å². The number of piperidine rings is 1. The van der Waals surface area contributed by atoms with E-state index in [4.69, 9.17) is 0 Å². The predicted octanol–water partition coefficient (Wildman–Crippen LogP) is 2.45. The number of hydrazine groups is 1. The molecule has 1 fully saturated rings. The van der Waals surface area contributed by atoms with E-state index in [0.29, 0.717) is 12.1 Å². The Morgan fingerprint density at radius 1 is 1.47 bits per heavy atom. The smallest absolute Gasteiger partial charge is 0.248 e. The molecule has 1 heterocycles. The third-order valence-electron chi connectivity index (χ3n) is 3.08. The maximum atomic E-state index is 11.7. The predicted molar refractivity (Wildman–Crippen MR) is 65.8 cm³/mol. The zero-order valence-electron chi connectivity index (χ0n) is 9.79. The molecule has 1 aliphatic heterocycles. The molecule has 1 aliphatic rings. The van der Waals surface area contributed by atoms with E-state index in [1.165, 1.54) is 19.3 Å². The molecule has 1 amide bonds. The van der Waals surface area contributed by atoms with Crippen LogP contribution in [0.4, 0.5) is 0 Å². The van der Waals surface area contributed by atoms with E-state index in [9.17, 15) is 4.79 Å². The molecule has 4 heteroatoms. The molecule has 3 nitrogen and oxygen atoms in total. The Kier molecular flexibility index (Phi) is 5.06. The molecule has 0 saturated carbocycles. The van der Waals surface area contributed by atoms with E-state index in [1.54, 1.807) is 0 Å². The minimum atomic E-state index is -0.0705. The largest absolute Gasteiger partial charge is 0.287 e. The van der Waals surface area contributed by atoms with E-state index in [1.807, 2.05) is 6.92 Å². The van der Waals surface area contributed by atoms with Gasteiger partial charge in [-0.05, 0) is 33.1 Å². The van der Waals surface area contributed by atoms with Crippen molar-refractivity contribution in [2.24, 2.45) is 0 Å². The standard InChI is InChI=1S/C11H21BrN2O/c1-4-10(12)11(15)13-14-8(2)6-5-7-9(14)3/h8-10H,4-7H2,1-3H3,(H,13,15). The summed E-state index contributed by atoms with van der Waals surface area (Å²) in [5.41, 5.74) is 3.02. The van der Waals surface area contributed by atoms with Crippen LogP contribution in [-0.4, -0.2) is 27.8 Å². The Morgan fingerprint density at radius 2 is 2.00 bits per heavy atom. The summed E-state index contributed by atoms with van der Waals surface area (Å²) in [5, 5.41) is 2.11. The van der Waals surface area contributed by atoms with Gasteiger partial charge < -0.3 is 0 Å². The number of nitrogens with one attached hydrogen (secondary N) is 1. The summed E-state index contributed by atoms with van der Waals surface area (Å²) in [6.45, 7) is 6.35. The maximum Gasteiger partial charge on any atom is 0.248 e. The molecule has 1 saturated heterocycles. The number of halogens is 1. The van der Waals surface area contributed by atoms with Crippen LogP contribution in [0.5, 0.6) is 0 Å². The zero-order valence-corrected chi connectivity index (χ0v) is 11.4. The van der Waals surface area contributed by atoms with Gasteiger partial charge in [-0.1, -0.05) is 29.3 Å². The number of hydrogen-bond donors (Lipinski definition) is 1. The van der Waals surface area contributed by atoms with Crippen molar-refractivity contribution < 1.29 is 4.79 Å². The first-order valence-electron chi connectivity index (χ1n) is 5.79. The van der Waals surface area contributed by atoms with Crippen LogP contribution in [0.1, 0.15) is 46.5 Å². The first-order chi connectivity index (χ1) is 7.06. The lowest BCUT2D eigenvalue weighted by Crippen LogP contribution is -2.55. The fourth-order valence-electron chi connectivity index (χ4n) is 2.02. The highest BCUT2D eigenvalue weighted by Gasteiger charge is 2.27. The molecule has 0 aromatic heterocycles. The molecule has 88 valence electrons. The van der Waals surface area contributed by atoms with Crippen molar-refractivity contribution in [3.63, 3.8) is 0 Å². The third-order valence-corrected chi connectivity index (χ3v) is 4.14. The van der Waals surface area contributed by atoms with Crippen LogP contribution in [-0.2, 0) is 4.79 Å². The van der Waals surface area contributed by atoms with Gasteiger partial charge in [-0.25, -0.2) is 5.01 Å². The molecule has 3 atom stereocenters. The molecule has 0 aliphatic carbocycles. The zero-order chi connectivity index (χ0) is 11.4. The summed E-state index contributed by atoms with van der Waals surface area (Å²) < 4.78 is 0. The van der Waals surface area contributed by atoms with Crippen molar-refractivity contribution in [2.45, 2.75) is 63.4 Å². The van der Waals surface area contributed by atoms with Gasteiger partial charge in [0.2, 0.25) is 5.91 Å². The van der Waals surface area contributed by atoms with E-state index in [-0.39, 0.29) is 10.7 Å². The van der Waals surface area contributed by atoms with E-state index < -0.39 is 0 Å². The number of carbonyl (C=O) groups is 1. The Labute approximate surface area is 101 Å². The molecule has 0 spiro atoms. The SMILES string of the molecule is CCC(Br)C(=O)NN1C(C)CCCC1C. The van der Waals surface area contributed by atoms with Crippen LogP contribution >= 0.6 is 15.9 Å². The summed E-state index contributed by atoms with van der Waals surface area (Å²) in [7, 11) is 0. The summed E-state index contributed by atoms with van der Waals surface area (Å²) in [6, 6.07) is 0.906. The Bertz CT molecular complexity index is 213. The molecule has 0 aromatic rings. The molecule has 1 rings (SSSR count). The second kappa shape index (κ2) is 5.85. The molecule has 3 unspecified atom stereocenters. The number of carbonyl (C=O) groups excluding carboxylic acids is 1. The van der Waals surface area contributed by atoms with Gasteiger partial charge in [-0.3, -0.25) is 10.2 Å². The molecule has 15 heavy (non-hydrogen) atoms. The highest BCUT2D eigenvalue weighted by atomic mass is 79.9. The van der Waals surface area contributed by atoms with Gasteiger partial charge in [0, 0.05) is 12.1 Å². The Hall–Kier alpha value is -0.0900. The van der Waals surface area contributed by atoms with E-state index in [0.717, 1.165) is 6.42 Å². The lowest BCUT2D eigenvalue weighted by molar-refractivity contribution is -0.128. The quantitative estimate of drug-likeness (QED) is 0.804. The maximum absolute atomic E-state index is 11.7. The van der Waals surface area contributed by atoms with Crippen LogP contribution in [0.15, 0.2) is 0 Å². The number of rotatable bonds is 3. The monoisotopic (exact) mass is 276 g/mol.